The van der Waals surface area contributed by atoms with Crippen LogP contribution in [-0.2, 0) is 24.8 Å². The highest BCUT2D eigenvalue weighted by molar-refractivity contribution is 7.99. The van der Waals surface area contributed by atoms with Crippen LogP contribution in [0.2, 0.25) is 0 Å². The van der Waals surface area contributed by atoms with E-state index >= 15 is 0 Å². The van der Waals surface area contributed by atoms with E-state index in [9.17, 15) is 19.2 Å². The molecule has 1 saturated heterocycles. The number of nitrogens with one attached hydrogen (secondary N) is 1. The van der Waals surface area contributed by atoms with E-state index in [0.717, 1.165) is 36.7 Å². The van der Waals surface area contributed by atoms with Gasteiger partial charge >= 0.3 is 11.7 Å². The van der Waals surface area contributed by atoms with E-state index in [0.29, 0.717) is 53.6 Å². The standard InChI is InChI=1S/C22H32N6O4S/c1-4-6-7-8-10-15-24-18-17(20(30)26(3)22(32)28(18)11-5-2)19(25-15)33-13-9-12-27-16(29)14-23-21(27)31/h4-14H2,1-3H3,(H,23,31). The highest BCUT2D eigenvalue weighted by Crippen LogP contribution is 2.24. The number of hydrogen-bond acceptors (Lipinski definition) is 7. The molecule has 1 fully saturated rings. The van der Waals surface area contributed by atoms with E-state index in [-0.39, 0.29) is 24.2 Å². The van der Waals surface area contributed by atoms with Crippen molar-refractivity contribution in [1.82, 2.24) is 29.3 Å². The predicted molar refractivity (Wildman–Crippen MR) is 128 cm³/mol. The van der Waals surface area contributed by atoms with Crippen LogP contribution in [-0.4, -0.2) is 54.8 Å². The first-order chi connectivity index (χ1) is 15.9. The summed E-state index contributed by atoms with van der Waals surface area (Å²) in [5.41, 5.74) is -0.391. The average Bonchev–Trinajstić information content (AvgIpc) is 3.12. The molecule has 0 atom stereocenters. The third kappa shape index (κ3) is 5.63. The summed E-state index contributed by atoms with van der Waals surface area (Å²) < 4.78 is 2.67. The van der Waals surface area contributed by atoms with Gasteiger partial charge in [0.2, 0.25) is 5.91 Å². The Labute approximate surface area is 196 Å². The lowest BCUT2D eigenvalue weighted by Crippen LogP contribution is -2.39. The van der Waals surface area contributed by atoms with Crippen LogP contribution in [0.1, 0.15) is 58.2 Å². The van der Waals surface area contributed by atoms with E-state index in [2.05, 4.69) is 17.2 Å². The first-order valence-electron chi connectivity index (χ1n) is 11.6. The Morgan fingerprint density at radius 1 is 0.970 bits per heavy atom. The summed E-state index contributed by atoms with van der Waals surface area (Å²) in [6.45, 7) is 4.94. The van der Waals surface area contributed by atoms with Crippen LogP contribution in [0.25, 0.3) is 11.0 Å². The lowest BCUT2D eigenvalue weighted by atomic mass is 10.1. The van der Waals surface area contributed by atoms with Gasteiger partial charge in [0, 0.05) is 32.3 Å². The molecule has 3 rings (SSSR count). The fraction of sp³-hybridized carbons (Fsp3) is 0.636. The molecule has 33 heavy (non-hydrogen) atoms. The quantitative estimate of drug-likeness (QED) is 0.215. The molecule has 0 aromatic carbocycles. The van der Waals surface area contributed by atoms with E-state index in [1.807, 2.05) is 6.92 Å². The van der Waals surface area contributed by atoms with Crippen LogP contribution in [0.5, 0.6) is 0 Å². The third-order valence-electron chi connectivity index (χ3n) is 5.60. The fourth-order valence-electron chi connectivity index (χ4n) is 3.80. The molecule has 1 aliphatic heterocycles. The number of fused-ring (bicyclic) bond motifs is 1. The summed E-state index contributed by atoms with van der Waals surface area (Å²) in [7, 11) is 1.47. The normalized spacial score (nSPS) is 13.8. The molecule has 0 bridgehead atoms. The minimum Gasteiger partial charge on any atom is -0.329 e. The van der Waals surface area contributed by atoms with Crippen LogP contribution in [0.4, 0.5) is 4.79 Å². The topological polar surface area (TPSA) is 119 Å². The minimum absolute atomic E-state index is 0.0366. The van der Waals surface area contributed by atoms with Gasteiger partial charge in [-0.3, -0.25) is 23.6 Å². The predicted octanol–water partition coefficient (Wildman–Crippen LogP) is 2.06. The van der Waals surface area contributed by atoms with Gasteiger partial charge in [0.15, 0.2) is 5.65 Å². The van der Waals surface area contributed by atoms with Crippen molar-refractivity contribution in [2.75, 3.05) is 18.8 Å². The second-order valence-electron chi connectivity index (χ2n) is 8.16. The van der Waals surface area contributed by atoms with Gasteiger partial charge in [0.05, 0.1) is 6.54 Å². The Bertz CT molecular complexity index is 1130. The Morgan fingerprint density at radius 2 is 1.76 bits per heavy atom. The Kier molecular flexibility index (Phi) is 8.65. The van der Waals surface area contributed by atoms with Crippen LogP contribution in [0.15, 0.2) is 14.6 Å². The van der Waals surface area contributed by atoms with Gasteiger partial charge in [-0.15, -0.1) is 11.8 Å². The number of aryl methyl sites for hydroxylation is 2. The number of thioether (sulfide) groups is 1. The number of urea groups is 1. The number of hydrogen-bond donors (Lipinski definition) is 1. The molecule has 1 N–H and O–H groups in total. The van der Waals surface area contributed by atoms with E-state index in [1.54, 1.807) is 4.57 Å². The van der Waals surface area contributed by atoms with Gasteiger partial charge in [0.1, 0.15) is 16.2 Å². The molecular weight excluding hydrogens is 444 g/mol. The molecule has 2 aromatic rings. The lowest BCUT2D eigenvalue weighted by molar-refractivity contribution is -0.124. The number of carbonyl (C=O) groups excluding carboxylic acids is 2. The molecule has 11 heteroatoms. The van der Waals surface area contributed by atoms with E-state index in [4.69, 9.17) is 4.98 Å². The van der Waals surface area contributed by atoms with Gasteiger partial charge in [-0.1, -0.05) is 33.1 Å². The van der Waals surface area contributed by atoms with Gasteiger partial charge in [-0.2, -0.15) is 0 Å². The average molecular weight is 477 g/mol. The Balaban J connectivity index is 1.91. The van der Waals surface area contributed by atoms with Crippen LogP contribution in [0, 0.1) is 0 Å². The monoisotopic (exact) mass is 476 g/mol. The van der Waals surface area contributed by atoms with Crippen molar-refractivity contribution in [1.29, 1.82) is 0 Å². The van der Waals surface area contributed by atoms with Crippen molar-refractivity contribution >= 4 is 34.7 Å². The maximum Gasteiger partial charge on any atom is 0.332 e. The summed E-state index contributed by atoms with van der Waals surface area (Å²) in [4.78, 5) is 59.8. The largest absolute Gasteiger partial charge is 0.332 e. The molecule has 3 amide bonds. The van der Waals surface area contributed by atoms with Gasteiger partial charge in [-0.25, -0.2) is 19.6 Å². The van der Waals surface area contributed by atoms with E-state index in [1.165, 1.54) is 23.7 Å². The molecule has 3 heterocycles. The zero-order chi connectivity index (χ0) is 24.0. The molecule has 180 valence electrons. The fourth-order valence-corrected chi connectivity index (χ4v) is 4.76. The molecule has 2 aromatic heterocycles. The van der Waals surface area contributed by atoms with Crippen molar-refractivity contribution in [3.63, 3.8) is 0 Å². The summed E-state index contributed by atoms with van der Waals surface area (Å²) in [5, 5.41) is 3.41. The molecular formula is C22H32N6O4S. The minimum atomic E-state index is -0.406. The molecule has 0 saturated carbocycles. The summed E-state index contributed by atoms with van der Waals surface area (Å²) in [6.07, 6.45) is 6.26. The van der Waals surface area contributed by atoms with Gasteiger partial charge in [0.25, 0.3) is 5.56 Å². The maximum atomic E-state index is 13.0. The number of rotatable bonds is 12. The number of aromatic nitrogens is 4. The summed E-state index contributed by atoms with van der Waals surface area (Å²) in [6, 6.07) is -0.371. The van der Waals surface area contributed by atoms with Crippen molar-refractivity contribution in [2.45, 2.75) is 70.4 Å². The molecule has 0 aliphatic carbocycles. The molecule has 1 aliphatic rings. The number of amides is 3. The van der Waals surface area contributed by atoms with Crippen molar-refractivity contribution in [3.8, 4) is 0 Å². The summed E-state index contributed by atoms with van der Waals surface area (Å²) >= 11 is 1.40. The first kappa shape index (κ1) is 24.9. The summed E-state index contributed by atoms with van der Waals surface area (Å²) in [5.74, 6) is 0.964. The second-order valence-corrected chi connectivity index (χ2v) is 9.24. The van der Waals surface area contributed by atoms with Crippen molar-refractivity contribution < 1.29 is 9.59 Å². The SMILES string of the molecule is CCCCCCc1nc(SCCCN2C(=O)CNC2=O)c2c(=O)n(C)c(=O)n(CCC)c2n1. The van der Waals surface area contributed by atoms with Gasteiger partial charge < -0.3 is 5.32 Å². The molecule has 0 unspecified atom stereocenters. The zero-order valence-electron chi connectivity index (χ0n) is 19.6. The lowest BCUT2D eigenvalue weighted by Gasteiger charge is -2.15. The molecule has 10 nitrogen and oxygen atoms in total. The van der Waals surface area contributed by atoms with Crippen molar-refractivity contribution in [2.24, 2.45) is 7.05 Å². The second kappa shape index (κ2) is 11.4. The van der Waals surface area contributed by atoms with Crippen LogP contribution < -0.4 is 16.6 Å². The number of unbranched alkanes of at least 4 members (excludes halogenated alkanes) is 3. The number of carbonyl (C=O) groups is 2. The smallest absolute Gasteiger partial charge is 0.329 e. The van der Waals surface area contributed by atoms with Crippen molar-refractivity contribution in [3.05, 3.63) is 26.7 Å². The van der Waals surface area contributed by atoms with E-state index < -0.39 is 5.56 Å². The number of nitrogens with zero attached hydrogens (tertiary/aromatic N) is 5. The zero-order valence-corrected chi connectivity index (χ0v) is 20.4. The highest BCUT2D eigenvalue weighted by Gasteiger charge is 2.27. The Hall–Kier alpha value is -2.69. The third-order valence-corrected chi connectivity index (χ3v) is 6.66. The molecule has 0 spiro atoms. The Morgan fingerprint density at radius 3 is 2.42 bits per heavy atom. The van der Waals surface area contributed by atoms with Crippen LogP contribution in [0.3, 0.4) is 0 Å². The maximum absolute atomic E-state index is 13.0. The van der Waals surface area contributed by atoms with Crippen LogP contribution >= 0.6 is 11.8 Å². The first-order valence-corrected chi connectivity index (χ1v) is 12.6. The van der Waals surface area contributed by atoms with Gasteiger partial charge in [-0.05, 0) is 19.3 Å². The molecule has 0 radical (unpaired) electrons. The highest BCUT2D eigenvalue weighted by atomic mass is 32.2. The number of imide groups is 1.